The van der Waals surface area contributed by atoms with Gasteiger partial charge in [-0.1, -0.05) is 103 Å². The summed E-state index contributed by atoms with van der Waals surface area (Å²) in [5.74, 6) is -3.38. The van der Waals surface area contributed by atoms with Crippen molar-refractivity contribution >= 4 is 29.4 Å². The lowest BCUT2D eigenvalue weighted by atomic mass is 9.90. The Kier molecular flexibility index (Phi) is 19.8. The van der Waals surface area contributed by atoms with Gasteiger partial charge in [0, 0.05) is 43.4 Å². The van der Waals surface area contributed by atoms with Gasteiger partial charge in [0.1, 0.15) is 17.5 Å². The molecule has 0 heterocycles. The molecule has 6 aromatic rings. The number of hydrogen-bond donors (Lipinski definition) is 3. The number of ketones is 2. The zero-order valence-electron chi connectivity index (χ0n) is 37.5. The van der Waals surface area contributed by atoms with E-state index in [1.54, 1.807) is 91.0 Å². The van der Waals surface area contributed by atoms with Crippen LogP contribution in [0.2, 0.25) is 0 Å². The number of halogens is 3. The van der Waals surface area contributed by atoms with Crippen LogP contribution in [0.5, 0.6) is 0 Å². The first kappa shape index (κ1) is 50.8. The molecule has 2 amide bonds. The van der Waals surface area contributed by atoms with Crippen molar-refractivity contribution in [3.63, 3.8) is 0 Å². The number of benzene rings is 6. The van der Waals surface area contributed by atoms with Crippen molar-refractivity contribution in [2.24, 2.45) is 11.8 Å². The predicted molar refractivity (Wildman–Crippen MR) is 251 cm³/mol. The Morgan fingerprint density at radius 3 is 1.21 bits per heavy atom. The molecule has 0 aromatic heterocycles. The van der Waals surface area contributed by atoms with Gasteiger partial charge in [0.05, 0.1) is 18.7 Å². The standard InChI is InChI=1S/C28H27F2NO4.C27H28FNO3/c1-19(32)35-18-22(15-20-7-11-24(29)12-8-20)17-27(33)26(16-21-9-13-25(30)14-10-21)31-28(34)23-5-3-2-4-6-23;1-19-7-9-20(10-8-19)15-22(18-30)17-26(31)25(16-21-11-13-24(28)14-12-21)29-27(32)23-5-3-2-4-6-23/h2-14,22,26H,15-18H2,1H3,(H,31,34);2-14,22,25,30H,15-18H2,1H3,(H,29,32)/t22-,26+;22-,25+/m11/s1. The number of esters is 1. The molecule has 67 heavy (non-hydrogen) atoms. The maximum atomic E-state index is 13.4. The number of ether oxygens (including phenoxy) is 1. The third kappa shape index (κ3) is 17.6. The summed E-state index contributed by atoms with van der Waals surface area (Å²) in [6.45, 7) is 3.17. The highest BCUT2D eigenvalue weighted by Crippen LogP contribution is 2.19. The third-order valence-corrected chi connectivity index (χ3v) is 11.0. The Morgan fingerprint density at radius 2 is 0.836 bits per heavy atom. The van der Waals surface area contributed by atoms with Crippen LogP contribution in [-0.4, -0.2) is 59.8 Å². The molecule has 0 radical (unpaired) electrons. The highest BCUT2D eigenvalue weighted by atomic mass is 19.1. The smallest absolute Gasteiger partial charge is 0.302 e. The SMILES string of the molecule is CC(=O)OC[C@@H](CC(=O)[C@H](Cc1ccc(F)cc1)NC(=O)c1ccccc1)Cc1ccc(F)cc1.Cc1ccc(C[C@@H](CO)CC(=O)[C@H](Cc2ccc(F)cc2)NC(=O)c2ccccc2)cc1. The quantitative estimate of drug-likeness (QED) is 0.0613. The van der Waals surface area contributed by atoms with E-state index >= 15 is 0 Å². The fraction of sp³-hybridized carbons (Fsp3) is 0.255. The van der Waals surface area contributed by atoms with Gasteiger partial charge in [-0.15, -0.1) is 0 Å². The molecule has 0 fully saturated rings. The number of nitrogens with one attached hydrogen (secondary N) is 2. The summed E-state index contributed by atoms with van der Waals surface area (Å²) in [5, 5.41) is 15.5. The number of Topliss-reactive ketones (excluding diaryl/α,β-unsaturated/α-hetero) is 2. The van der Waals surface area contributed by atoms with Crippen LogP contribution in [0.25, 0.3) is 0 Å². The van der Waals surface area contributed by atoms with Gasteiger partial charge >= 0.3 is 5.97 Å². The molecule has 3 N–H and O–H groups in total. The molecule has 0 saturated carbocycles. The number of carbonyl (C=O) groups excluding carboxylic acids is 5. The Labute approximate surface area is 389 Å². The lowest BCUT2D eigenvalue weighted by Crippen LogP contribution is -2.43. The normalized spacial score (nSPS) is 12.6. The van der Waals surface area contributed by atoms with Gasteiger partial charge in [0.2, 0.25) is 0 Å². The molecule has 0 saturated heterocycles. The Morgan fingerprint density at radius 1 is 0.493 bits per heavy atom. The summed E-state index contributed by atoms with van der Waals surface area (Å²) in [7, 11) is 0. The van der Waals surface area contributed by atoms with E-state index in [1.165, 1.54) is 43.3 Å². The Balaban J connectivity index is 0.000000252. The number of aliphatic hydroxyl groups is 1. The van der Waals surface area contributed by atoms with Gasteiger partial charge in [-0.25, -0.2) is 13.2 Å². The first-order valence-electron chi connectivity index (χ1n) is 22.0. The fourth-order valence-corrected chi connectivity index (χ4v) is 7.36. The highest BCUT2D eigenvalue weighted by molar-refractivity contribution is 5.99. The summed E-state index contributed by atoms with van der Waals surface area (Å²) >= 11 is 0. The lowest BCUT2D eigenvalue weighted by molar-refractivity contribution is -0.143. The number of aliphatic hydroxyl groups excluding tert-OH is 1. The van der Waals surface area contributed by atoms with Gasteiger partial charge < -0.3 is 20.5 Å². The summed E-state index contributed by atoms with van der Waals surface area (Å²) in [6.07, 6.45) is 1.53. The molecule has 6 rings (SSSR count). The molecule has 6 aromatic carbocycles. The lowest BCUT2D eigenvalue weighted by Gasteiger charge is -2.22. The molecule has 12 heteroatoms. The molecule has 0 unspecified atom stereocenters. The van der Waals surface area contributed by atoms with E-state index in [1.807, 2.05) is 37.3 Å². The molecule has 9 nitrogen and oxygen atoms in total. The average Bonchev–Trinajstić information content (AvgIpc) is 3.33. The van der Waals surface area contributed by atoms with Crippen LogP contribution < -0.4 is 10.6 Å². The van der Waals surface area contributed by atoms with E-state index in [0.717, 1.165) is 22.3 Å². The maximum Gasteiger partial charge on any atom is 0.302 e. The van der Waals surface area contributed by atoms with E-state index in [4.69, 9.17) is 4.74 Å². The first-order valence-corrected chi connectivity index (χ1v) is 22.0. The molecule has 0 aliphatic carbocycles. The highest BCUT2D eigenvalue weighted by Gasteiger charge is 2.27. The second-order valence-electron chi connectivity index (χ2n) is 16.5. The van der Waals surface area contributed by atoms with E-state index in [2.05, 4.69) is 10.6 Å². The summed E-state index contributed by atoms with van der Waals surface area (Å²) in [5.41, 5.74) is 5.29. The van der Waals surface area contributed by atoms with Crippen LogP contribution in [0.3, 0.4) is 0 Å². The zero-order valence-corrected chi connectivity index (χ0v) is 37.5. The van der Waals surface area contributed by atoms with Crippen molar-refractivity contribution in [2.45, 2.75) is 64.5 Å². The number of amides is 2. The van der Waals surface area contributed by atoms with Crippen molar-refractivity contribution in [1.29, 1.82) is 0 Å². The van der Waals surface area contributed by atoms with Crippen molar-refractivity contribution in [2.75, 3.05) is 13.2 Å². The molecule has 0 spiro atoms. The number of carbonyl (C=O) groups is 5. The second kappa shape index (κ2) is 26.1. The number of aryl methyl sites for hydroxylation is 1. The summed E-state index contributed by atoms with van der Waals surface area (Å²) in [6, 6.07) is 41.1. The van der Waals surface area contributed by atoms with Crippen LogP contribution in [-0.2, 0) is 44.8 Å². The van der Waals surface area contributed by atoms with Crippen LogP contribution in [0.1, 0.15) is 68.3 Å². The minimum atomic E-state index is -0.874. The van der Waals surface area contributed by atoms with Crippen LogP contribution >= 0.6 is 0 Å². The zero-order chi connectivity index (χ0) is 48.1. The topological polar surface area (TPSA) is 139 Å². The molecule has 4 atom stereocenters. The molecule has 0 aliphatic heterocycles. The van der Waals surface area contributed by atoms with Gasteiger partial charge in [-0.05, 0) is 121 Å². The molecule has 348 valence electrons. The van der Waals surface area contributed by atoms with Gasteiger partial charge in [-0.3, -0.25) is 24.0 Å². The number of rotatable bonds is 21. The molecular weight excluding hydrogens is 858 g/mol. The fourth-order valence-electron chi connectivity index (χ4n) is 7.36. The van der Waals surface area contributed by atoms with Gasteiger partial charge in [-0.2, -0.15) is 0 Å². The average molecular weight is 913 g/mol. The molecule has 0 aliphatic rings. The van der Waals surface area contributed by atoms with Crippen LogP contribution in [0.4, 0.5) is 13.2 Å². The van der Waals surface area contributed by atoms with Crippen molar-refractivity contribution in [1.82, 2.24) is 10.6 Å². The van der Waals surface area contributed by atoms with E-state index in [0.29, 0.717) is 29.5 Å². The molecule has 0 bridgehead atoms. The Hall–Kier alpha value is -7.18. The minimum absolute atomic E-state index is 0.00828. The van der Waals surface area contributed by atoms with E-state index < -0.39 is 29.8 Å². The first-order chi connectivity index (χ1) is 32.2. The predicted octanol–water partition coefficient (Wildman–Crippen LogP) is 8.97. The Bertz CT molecular complexity index is 2500. The van der Waals surface area contributed by atoms with Crippen molar-refractivity contribution in [3.05, 3.63) is 214 Å². The monoisotopic (exact) mass is 912 g/mol. The van der Waals surface area contributed by atoms with Gasteiger partial charge in [0.15, 0.2) is 11.6 Å². The largest absolute Gasteiger partial charge is 0.466 e. The van der Waals surface area contributed by atoms with E-state index in [9.17, 15) is 42.3 Å². The third-order valence-electron chi connectivity index (χ3n) is 11.0. The van der Waals surface area contributed by atoms with Crippen molar-refractivity contribution in [3.8, 4) is 0 Å². The van der Waals surface area contributed by atoms with Crippen LogP contribution in [0.15, 0.2) is 158 Å². The van der Waals surface area contributed by atoms with Crippen molar-refractivity contribution < 1.29 is 47.0 Å². The summed E-state index contributed by atoms with van der Waals surface area (Å²) < 4.78 is 45.1. The minimum Gasteiger partial charge on any atom is -0.466 e. The maximum absolute atomic E-state index is 13.4. The molecular formula is C55H55F3N2O7. The van der Waals surface area contributed by atoms with E-state index in [-0.39, 0.29) is 79.8 Å². The van der Waals surface area contributed by atoms with Crippen LogP contribution in [0, 0.1) is 36.2 Å². The second-order valence-corrected chi connectivity index (χ2v) is 16.5. The summed E-state index contributed by atoms with van der Waals surface area (Å²) in [4.78, 5) is 63.5. The van der Waals surface area contributed by atoms with Gasteiger partial charge in [0.25, 0.3) is 11.8 Å². The number of hydrogen-bond acceptors (Lipinski definition) is 7.